The van der Waals surface area contributed by atoms with Crippen molar-refractivity contribution >= 4 is 23.5 Å². The monoisotopic (exact) mass is 309 g/mol. The van der Waals surface area contributed by atoms with Gasteiger partial charge in [-0.05, 0) is 36.5 Å². The van der Waals surface area contributed by atoms with E-state index in [0.717, 1.165) is 12.0 Å². The number of carboxylic acid groups (broad SMARTS) is 1. The molecule has 0 spiro atoms. The highest BCUT2D eigenvalue weighted by Crippen LogP contribution is 2.31. The summed E-state index contributed by atoms with van der Waals surface area (Å²) in [6.07, 6.45) is 1.28. The molecule has 1 aliphatic rings. The van der Waals surface area contributed by atoms with Crippen molar-refractivity contribution in [1.82, 2.24) is 4.90 Å². The summed E-state index contributed by atoms with van der Waals surface area (Å²) in [5.41, 5.74) is 0.885. The Kier molecular flexibility index (Phi) is 4.88. The number of carboxylic acids is 1. The number of carbonyl (C=O) groups excluding carboxylic acids is 1. The van der Waals surface area contributed by atoms with Crippen molar-refractivity contribution in [3.8, 4) is 0 Å². The zero-order chi connectivity index (χ0) is 15.6. The van der Waals surface area contributed by atoms with Crippen molar-refractivity contribution in [2.45, 2.75) is 38.6 Å². The van der Waals surface area contributed by atoms with Crippen LogP contribution in [-0.4, -0.2) is 34.5 Å². The summed E-state index contributed by atoms with van der Waals surface area (Å²) in [4.78, 5) is 25.6. The topological polar surface area (TPSA) is 57.6 Å². The number of halogens is 1. The standard InChI is InChI=1S/C16H20ClNO3/c1-10(2)14(11-5-7-12(17)8-6-11)15(19)18-9-3-4-13(18)16(20)21/h5-8,10,13-14H,3-4,9H2,1-2H3,(H,20,21)/t13-,14?/m1/s1. The number of benzene rings is 1. The van der Waals surface area contributed by atoms with Gasteiger partial charge in [0.15, 0.2) is 0 Å². The third kappa shape index (κ3) is 3.38. The zero-order valence-electron chi connectivity index (χ0n) is 12.3. The molecule has 4 nitrogen and oxygen atoms in total. The molecule has 2 atom stereocenters. The largest absolute Gasteiger partial charge is 0.480 e. The van der Waals surface area contributed by atoms with Crippen LogP contribution in [-0.2, 0) is 9.59 Å². The molecule has 0 radical (unpaired) electrons. The Balaban J connectivity index is 2.28. The number of rotatable bonds is 4. The van der Waals surface area contributed by atoms with Crippen LogP contribution >= 0.6 is 11.6 Å². The van der Waals surface area contributed by atoms with E-state index < -0.39 is 12.0 Å². The summed E-state index contributed by atoms with van der Waals surface area (Å²) in [5.74, 6) is -1.26. The molecule has 1 unspecified atom stereocenters. The van der Waals surface area contributed by atoms with Gasteiger partial charge in [-0.25, -0.2) is 4.79 Å². The second-order valence-electron chi connectivity index (χ2n) is 5.80. The first-order valence-corrected chi connectivity index (χ1v) is 7.58. The SMILES string of the molecule is CC(C)C(C(=O)N1CCC[C@@H]1C(=O)O)c1ccc(Cl)cc1. The highest BCUT2D eigenvalue weighted by Gasteiger charge is 2.38. The van der Waals surface area contributed by atoms with Crippen molar-refractivity contribution in [2.24, 2.45) is 5.92 Å². The van der Waals surface area contributed by atoms with Crippen molar-refractivity contribution in [1.29, 1.82) is 0 Å². The van der Waals surface area contributed by atoms with Crippen molar-refractivity contribution in [2.75, 3.05) is 6.54 Å². The number of likely N-dealkylation sites (tertiary alicyclic amines) is 1. The van der Waals surface area contributed by atoms with Crippen molar-refractivity contribution in [3.63, 3.8) is 0 Å². The number of hydrogen-bond donors (Lipinski definition) is 1. The molecule has 1 aliphatic heterocycles. The van der Waals surface area contributed by atoms with Gasteiger partial charge in [0.25, 0.3) is 0 Å². The maximum Gasteiger partial charge on any atom is 0.326 e. The Hall–Kier alpha value is -1.55. The Labute approximate surface area is 129 Å². The first-order valence-electron chi connectivity index (χ1n) is 7.20. The second kappa shape index (κ2) is 6.48. The van der Waals surface area contributed by atoms with Crippen LogP contribution < -0.4 is 0 Å². The summed E-state index contributed by atoms with van der Waals surface area (Å²) in [6, 6.07) is 6.52. The smallest absolute Gasteiger partial charge is 0.326 e. The Morgan fingerprint density at radius 3 is 2.43 bits per heavy atom. The lowest BCUT2D eigenvalue weighted by Crippen LogP contribution is -2.43. The van der Waals surface area contributed by atoms with Gasteiger partial charge in [0, 0.05) is 11.6 Å². The normalized spacial score (nSPS) is 19.8. The van der Waals surface area contributed by atoms with E-state index in [0.29, 0.717) is 18.0 Å². The van der Waals surface area contributed by atoms with E-state index in [4.69, 9.17) is 11.6 Å². The minimum absolute atomic E-state index is 0.0914. The third-order valence-electron chi connectivity index (χ3n) is 3.98. The minimum Gasteiger partial charge on any atom is -0.480 e. The van der Waals surface area contributed by atoms with Crippen LogP contribution in [0, 0.1) is 5.92 Å². The fourth-order valence-corrected chi connectivity index (χ4v) is 3.07. The Bertz CT molecular complexity index is 527. The molecule has 1 amide bonds. The van der Waals surface area contributed by atoms with Crippen LogP contribution in [0.25, 0.3) is 0 Å². The van der Waals surface area contributed by atoms with E-state index in [1.165, 1.54) is 4.90 Å². The van der Waals surface area contributed by atoms with Gasteiger partial charge >= 0.3 is 5.97 Å². The molecule has 114 valence electrons. The maximum absolute atomic E-state index is 12.8. The van der Waals surface area contributed by atoms with Crippen LogP contribution in [0.4, 0.5) is 0 Å². The van der Waals surface area contributed by atoms with Gasteiger partial charge in [-0.3, -0.25) is 4.79 Å². The van der Waals surface area contributed by atoms with Crippen molar-refractivity contribution < 1.29 is 14.7 Å². The Morgan fingerprint density at radius 1 is 1.29 bits per heavy atom. The van der Waals surface area contributed by atoms with E-state index in [1.54, 1.807) is 12.1 Å². The molecule has 0 saturated carbocycles. The summed E-state index contributed by atoms with van der Waals surface area (Å²) in [5, 5.41) is 9.87. The maximum atomic E-state index is 12.8. The van der Waals surface area contributed by atoms with Crippen LogP contribution in [0.3, 0.4) is 0 Å². The number of amides is 1. The number of aliphatic carboxylic acids is 1. The van der Waals surface area contributed by atoms with Gasteiger partial charge in [-0.15, -0.1) is 0 Å². The lowest BCUT2D eigenvalue weighted by atomic mass is 9.87. The van der Waals surface area contributed by atoms with Gasteiger partial charge in [0.1, 0.15) is 6.04 Å². The molecule has 21 heavy (non-hydrogen) atoms. The number of hydrogen-bond acceptors (Lipinski definition) is 2. The molecule has 0 aromatic heterocycles. The predicted octanol–water partition coefficient (Wildman–Crippen LogP) is 3.16. The Morgan fingerprint density at radius 2 is 1.90 bits per heavy atom. The van der Waals surface area contributed by atoms with E-state index in [9.17, 15) is 14.7 Å². The van der Waals surface area contributed by atoms with Crippen LogP contribution in [0.1, 0.15) is 38.2 Å². The van der Waals surface area contributed by atoms with Gasteiger partial charge in [0.2, 0.25) is 5.91 Å². The first kappa shape index (κ1) is 15.8. The van der Waals surface area contributed by atoms with Gasteiger partial charge in [0.05, 0.1) is 5.92 Å². The fourth-order valence-electron chi connectivity index (χ4n) is 2.95. The van der Waals surface area contributed by atoms with Crippen LogP contribution in [0.5, 0.6) is 0 Å². The first-order chi connectivity index (χ1) is 9.91. The van der Waals surface area contributed by atoms with Gasteiger partial charge in [-0.1, -0.05) is 37.6 Å². The molecule has 1 heterocycles. The van der Waals surface area contributed by atoms with E-state index >= 15 is 0 Å². The van der Waals surface area contributed by atoms with E-state index in [-0.39, 0.29) is 17.7 Å². The summed E-state index contributed by atoms with van der Waals surface area (Å²) in [7, 11) is 0. The molecular weight excluding hydrogens is 290 g/mol. The predicted molar refractivity (Wildman–Crippen MR) is 81.4 cm³/mol. The summed E-state index contributed by atoms with van der Waals surface area (Å²) in [6.45, 7) is 4.47. The van der Waals surface area contributed by atoms with Crippen LogP contribution in [0.2, 0.25) is 5.02 Å². The quantitative estimate of drug-likeness (QED) is 0.929. The molecule has 1 N–H and O–H groups in total. The average Bonchev–Trinajstić information content (AvgIpc) is 2.90. The molecule has 5 heteroatoms. The third-order valence-corrected chi connectivity index (χ3v) is 4.23. The highest BCUT2D eigenvalue weighted by molar-refractivity contribution is 6.30. The molecular formula is C16H20ClNO3. The lowest BCUT2D eigenvalue weighted by molar-refractivity contribution is -0.149. The lowest BCUT2D eigenvalue weighted by Gasteiger charge is -2.29. The van der Waals surface area contributed by atoms with Gasteiger partial charge in [-0.2, -0.15) is 0 Å². The molecule has 1 fully saturated rings. The van der Waals surface area contributed by atoms with Gasteiger partial charge < -0.3 is 10.0 Å². The average molecular weight is 310 g/mol. The molecule has 1 saturated heterocycles. The molecule has 0 bridgehead atoms. The fraction of sp³-hybridized carbons (Fsp3) is 0.500. The summed E-state index contributed by atoms with van der Waals surface area (Å²) < 4.78 is 0. The minimum atomic E-state index is -0.917. The summed E-state index contributed by atoms with van der Waals surface area (Å²) >= 11 is 5.89. The van der Waals surface area contributed by atoms with E-state index in [1.807, 2.05) is 26.0 Å². The van der Waals surface area contributed by atoms with Crippen LogP contribution in [0.15, 0.2) is 24.3 Å². The van der Waals surface area contributed by atoms with Crippen molar-refractivity contribution in [3.05, 3.63) is 34.9 Å². The highest BCUT2D eigenvalue weighted by atomic mass is 35.5. The zero-order valence-corrected chi connectivity index (χ0v) is 13.0. The molecule has 1 aromatic rings. The molecule has 2 rings (SSSR count). The number of nitrogens with zero attached hydrogens (tertiary/aromatic N) is 1. The second-order valence-corrected chi connectivity index (χ2v) is 6.24. The molecule has 0 aliphatic carbocycles. The number of carbonyl (C=O) groups is 2. The molecule has 1 aromatic carbocycles. The van der Waals surface area contributed by atoms with E-state index in [2.05, 4.69) is 0 Å².